The summed E-state index contributed by atoms with van der Waals surface area (Å²) in [6.45, 7) is 5.93. The Balaban J connectivity index is 1.56. The molecule has 0 radical (unpaired) electrons. The van der Waals surface area contributed by atoms with Gasteiger partial charge in [0.15, 0.2) is 10.8 Å². The number of halogens is 1. The number of aromatic nitrogens is 3. The summed E-state index contributed by atoms with van der Waals surface area (Å²) in [6.07, 6.45) is 1.59. The fraction of sp³-hybridized carbons (Fsp3) is 0.238. The Labute approximate surface area is 182 Å². The second kappa shape index (κ2) is 8.41. The largest absolute Gasteiger partial charge is 0.462 e. The van der Waals surface area contributed by atoms with Crippen LogP contribution in [-0.2, 0) is 6.54 Å². The first-order valence-electron chi connectivity index (χ1n) is 9.33. The van der Waals surface area contributed by atoms with E-state index in [0.717, 1.165) is 10.4 Å². The summed E-state index contributed by atoms with van der Waals surface area (Å²) >= 11 is 7.35. The first kappa shape index (κ1) is 20.3. The van der Waals surface area contributed by atoms with Gasteiger partial charge < -0.3 is 13.7 Å². The number of amides is 1. The van der Waals surface area contributed by atoms with E-state index in [9.17, 15) is 4.79 Å². The third-order valence-corrected chi connectivity index (χ3v) is 5.72. The highest BCUT2D eigenvalue weighted by Crippen LogP contribution is 2.29. The van der Waals surface area contributed by atoms with E-state index < -0.39 is 0 Å². The second-order valence-electron chi connectivity index (χ2n) is 6.94. The topological polar surface area (TPSA) is 85.3 Å². The van der Waals surface area contributed by atoms with Gasteiger partial charge in [-0.15, -0.1) is 21.5 Å². The molecule has 3 aromatic heterocycles. The van der Waals surface area contributed by atoms with E-state index in [2.05, 4.69) is 15.2 Å². The maximum atomic E-state index is 13.2. The van der Waals surface area contributed by atoms with Crippen LogP contribution >= 0.6 is 22.9 Å². The quantitative estimate of drug-likeness (QED) is 0.393. The predicted molar refractivity (Wildman–Crippen MR) is 114 cm³/mol. The molecule has 0 bridgehead atoms. The lowest BCUT2D eigenvalue weighted by atomic mass is 10.2. The first-order chi connectivity index (χ1) is 14.4. The summed E-state index contributed by atoms with van der Waals surface area (Å²) in [5.41, 5.74) is 1.16. The molecule has 0 unspecified atom stereocenters. The third kappa shape index (κ3) is 4.15. The second-order valence-corrected chi connectivity index (χ2v) is 8.58. The Hall–Kier alpha value is -2.97. The van der Waals surface area contributed by atoms with E-state index in [1.165, 1.54) is 11.3 Å². The van der Waals surface area contributed by atoms with E-state index in [4.69, 9.17) is 20.4 Å². The fourth-order valence-corrected chi connectivity index (χ4v) is 3.90. The maximum Gasteiger partial charge on any atom is 0.274 e. The molecule has 0 spiro atoms. The van der Waals surface area contributed by atoms with E-state index in [0.29, 0.717) is 33.3 Å². The predicted octanol–water partition coefficient (Wildman–Crippen LogP) is 5.47. The van der Waals surface area contributed by atoms with Gasteiger partial charge in [0, 0.05) is 21.5 Å². The minimum Gasteiger partial charge on any atom is -0.462 e. The smallest absolute Gasteiger partial charge is 0.274 e. The van der Waals surface area contributed by atoms with Gasteiger partial charge in [-0.3, -0.25) is 4.79 Å². The Kier molecular flexibility index (Phi) is 5.69. The zero-order valence-electron chi connectivity index (χ0n) is 16.6. The number of hydrogen-bond donors (Lipinski definition) is 0. The van der Waals surface area contributed by atoms with Crippen LogP contribution in [0.2, 0.25) is 5.02 Å². The molecule has 0 atom stereocenters. The van der Waals surface area contributed by atoms with Crippen molar-refractivity contribution in [3.8, 4) is 22.2 Å². The molecule has 0 saturated heterocycles. The Morgan fingerprint density at radius 3 is 2.63 bits per heavy atom. The Morgan fingerprint density at radius 2 is 1.97 bits per heavy atom. The molecule has 154 valence electrons. The SMILES string of the molecule is Cc1sc(-c2ccco2)nc1C(=O)N(Cc1nnc(-c2ccc(Cl)cc2)o1)C(C)C. The number of furan rings is 1. The molecule has 0 aliphatic rings. The van der Waals surface area contributed by atoms with Crippen LogP contribution in [0.15, 0.2) is 51.5 Å². The number of carbonyl (C=O) groups is 1. The van der Waals surface area contributed by atoms with E-state index in [1.54, 1.807) is 41.5 Å². The van der Waals surface area contributed by atoms with Crippen LogP contribution in [0.1, 0.15) is 35.1 Å². The molecule has 9 heteroatoms. The van der Waals surface area contributed by atoms with Crippen LogP contribution in [0.3, 0.4) is 0 Å². The van der Waals surface area contributed by atoms with Gasteiger partial charge in [-0.2, -0.15) is 0 Å². The highest BCUT2D eigenvalue weighted by Gasteiger charge is 2.26. The molecule has 1 amide bonds. The Morgan fingerprint density at radius 1 is 1.20 bits per heavy atom. The average Bonchev–Trinajstić information content (AvgIpc) is 3.47. The molecule has 7 nitrogen and oxygen atoms in total. The number of thiazole rings is 1. The minimum atomic E-state index is -0.192. The maximum absolute atomic E-state index is 13.2. The van der Waals surface area contributed by atoms with Crippen molar-refractivity contribution >= 4 is 28.8 Å². The summed E-state index contributed by atoms with van der Waals surface area (Å²) in [4.78, 5) is 20.2. The molecular formula is C21H19ClN4O3S. The monoisotopic (exact) mass is 442 g/mol. The summed E-state index contributed by atoms with van der Waals surface area (Å²) in [7, 11) is 0. The van der Waals surface area contributed by atoms with Gasteiger partial charge in [0.05, 0.1) is 12.8 Å². The van der Waals surface area contributed by atoms with Gasteiger partial charge in [-0.25, -0.2) is 4.98 Å². The molecule has 4 aromatic rings. The van der Waals surface area contributed by atoms with Crippen LogP contribution in [0.4, 0.5) is 0 Å². The molecule has 0 fully saturated rings. The van der Waals surface area contributed by atoms with Crippen molar-refractivity contribution in [2.45, 2.75) is 33.4 Å². The van der Waals surface area contributed by atoms with Gasteiger partial charge in [-0.1, -0.05) is 11.6 Å². The minimum absolute atomic E-state index is 0.0865. The van der Waals surface area contributed by atoms with E-state index >= 15 is 0 Å². The van der Waals surface area contributed by atoms with Crippen molar-refractivity contribution in [1.82, 2.24) is 20.1 Å². The van der Waals surface area contributed by atoms with Crippen molar-refractivity contribution in [3.05, 3.63) is 64.1 Å². The zero-order chi connectivity index (χ0) is 21.3. The number of benzene rings is 1. The van der Waals surface area contributed by atoms with Crippen molar-refractivity contribution in [2.75, 3.05) is 0 Å². The lowest BCUT2D eigenvalue weighted by Gasteiger charge is -2.24. The lowest BCUT2D eigenvalue weighted by molar-refractivity contribution is 0.0666. The summed E-state index contributed by atoms with van der Waals surface area (Å²) in [5, 5.41) is 9.50. The van der Waals surface area contributed by atoms with E-state index in [1.807, 2.05) is 26.8 Å². The van der Waals surface area contributed by atoms with Crippen LogP contribution in [0.5, 0.6) is 0 Å². The van der Waals surface area contributed by atoms with Crippen LogP contribution < -0.4 is 0 Å². The summed E-state index contributed by atoms with van der Waals surface area (Å²) in [5.74, 6) is 1.18. The van der Waals surface area contributed by atoms with E-state index in [-0.39, 0.29) is 18.5 Å². The van der Waals surface area contributed by atoms with Gasteiger partial charge in [0.25, 0.3) is 5.91 Å². The van der Waals surface area contributed by atoms with Gasteiger partial charge in [-0.05, 0) is 57.2 Å². The molecule has 30 heavy (non-hydrogen) atoms. The third-order valence-electron chi connectivity index (χ3n) is 4.48. The number of aryl methyl sites for hydroxylation is 1. The molecular weight excluding hydrogens is 424 g/mol. The summed E-state index contributed by atoms with van der Waals surface area (Å²) in [6, 6.07) is 10.7. The first-order valence-corrected chi connectivity index (χ1v) is 10.5. The van der Waals surface area contributed by atoms with Gasteiger partial charge in [0.1, 0.15) is 5.69 Å². The zero-order valence-corrected chi connectivity index (χ0v) is 18.2. The number of carbonyl (C=O) groups excluding carboxylic acids is 1. The van der Waals surface area contributed by atoms with Crippen LogP contribution in [0.25, 0.3) is 22.2 Å². The highest BCUT2D eigenvalue weighted by atomic mass is 35.5. The van der Waals surface area contributed by atoms with Gasteiger partial charge >= 0.3 is 0 Å². The normalized spacial score (nSPS) is 11.2. The molecule has 0 N–H and O–H groups in total. The molecule has 0 saturated carbocycles. The molecule has 3 heterocycles. The molecule has 0 aliphatic carbocycles. The lowest BCUT2D eigenvalue weighted by Crippen LogP contribution is -2.37. The fourth-order valence-electron chi connectivity index (χ4n) is 2.90. The number of nitrogens with zero attached hydrogens (tertiary/aromatic N) is 4. The van der Waals surface area contributed by atoms with Crippen molar-refractivity contribution in [3.63, 3.8) is 0 Å². The average molecular weight is 443 g/mol. The molecule has 1 aromatic carbocycles. The standard InChI is InChI=1S/C21H19ClN4O3S/c1-12(2)26(11-17-24-25-19(29-17)14-6-8-15(22)9-7-14)21(27)18-13(3)30-20(23-18)16-5-4-10-28-16/h4-10,12H,11H2,1-3H3. The van der Waals surface area contributed by atoms with Crippen molar-refractivity contribution in [1.29, 1.82) is 0 Å². The van der Waals surface area contributed by atoms with Crippen LogP contribution in [0, 0.1) is 6.92 Å². The van der Waals surface area contributed by atoms with Gasteiger partial charge in [0.2, 0.25) is 11.8 Å². The highest BCUT2D eigenvalue weighted by molar-refractivity contribution is 7.15. The molecule has 0 aliphatic heterocycles. The van der Waals surface area contributed by atoms with Crippen molar-refractivity contribution in [2.24, 2.45) is 0 Å². The Bertz CT molecular complexity index is 1150. The summed E-state index contributed by atoms with van der Waals surface area (Å²) < 4.78 is 11.2. The number of hydrogen-bond acceptors (Lipinski definition) is 7. The van der Waals surface area contributed by atoms with Crippen molar-refractivity contribution < 1.29 is 13.6 Å². The number of rotatable bonds is 6. The van der Waals surface area contributed by atoms with Crippen LogP contribution in [-0.4, -0.2) is 32.0 Å². The molecule has 4 rings (SSSR count).